The van der Waals surface area contributed by atoms with Gasteiger partial charge in [-0.2, -0.15) is 0 Å². The number of rotatable bonds is 2. The van der Waals surface area contributed by atoms with Crippen LogP contribution in [-0.2, 0) is 6.42 Å². The molecule has 2 aromatic rings. The molecule has 96 valence electrons. The van der Waals surface area contributed by atoms with E-state index in [4.69, 9.17) is 0 Å². The summed E-state index contributed by atoms with van der Waals surface area (Å²) in [6.45, 7) is 0. The van der Waals surface area contributed by atoms with Crippen molar-refractivity contribution in [2.75, 3.05) is 0 Å². The molecule has 2 N–H and O–H groups in total. The zero-order valence-corrected chi connectivity index (χ0v) is 10.4. The Bertz CT molecular complexity index is 622. The van der Waals surface area contributed by atoms with Gasteiger partial charge in [0.2, 0.25) is 0 Å². The van der Waals surface area contributed by atoms with Crippen molar-refractivity contribution in [2.45, 2.75) is 18.6 Å². The third-order valence-corrected chi connectivity index (χ3v) is 3.48. The first kappa shape index (κ1) is 11.9. The van der Waals surface area contributed by atoms with Crippen LogP contribution in [0.5, 0.6) is 5.75 Å². The second kappa shape index (κ2) is 4.86. The molecule has 2 aromatic carbocycles. The first-order valence-corrected chi connectivity index (χ1v) is 6.33. The molecule has 0 saturated heterocycles. The number of aromatic hydroxyl groups is 1. The largest absolute Gasteiger partial charge is 0.507 e. The normalized spacial score (nSPS) is 21.7. The number of aliphatic hydroxyl groups excluding tert-OH is 1. The molecule has 19 heavy (non-hydrogen) atoms. The van der Waals surface area contributed by atoms with Crippen LogP contribution in [0.3, 0.4) is 0 Å². The minimum atomic E-state index is -0.487. The van der Waals surface area contributed by atoms with Crippen LogP contribution in [0.15, 0.2) is 53.5 Å². The van der Waals surface area contributed by atoms with Crippen molar-refractivity contribution in [3.05, 3.63) is 65.2 Å². The highest BCUT2D eigenvalue weighted by atomic mass is 16.3. The van der Waals surface area contributed by atoms with Gasteiger partial charge in [-0.25, -0.2) is 0 Å². The summed E-state index contributed by atoms with van der Waals surface area (Å²) in [7, 11) is 0. The van der Waals surface area contributed by atoms with Gasteiger partial charge >= 0.3 is 0 Å². The standard InChI is InChI=1S/C16H15NO2/c18-14-8-4-2-6-12(14)10-17-16-13-7-3-1-5-11(13)9-15(16)19/h1-8,10,15-16,18-19H,9H2/b17-10+/t15-,16+/m1/s1. The second-order valence-electron chi connectivity index (χ2n) is 4.75. The molecular weight excluding hydrogens is 238 g/mol. The van der Waals surface area contributed by atoms with E-state index in [1.165, 1.54) is 0 Å². The van der Waals surface area contributed by atoms with Crippen LogP contribution in [0.1, 0.15) is 22.7 Å². The van der Waals surface area contributed by atoms with Gasteiger partial charge in [0.1, 0.15) is 11.8 Å². The molecule has 0 aliphatic heterocycles. The molecule has 0 amide bonds. The molecule has 0 heterocycles. The third-order valence-electron chi connectivity index (χ3n) is 3.48. The summed E-state index contributed by atoms with van der Waals surface area (Å²) in [5, 5.41) is 19.8. The molecule has 2 atom stereocenters. The summed E-state index contributed by atoms with van der Waals surface area (Å²) in [5.74, 6) is 0.201. The average molecular weight is 253 g/mol. The van der Waals surface area contributed by atoms with Crippen LogP contribution in [0.4, 0.5) is 0 Å². The van der Waals surface area contributed by atoms with Crippen LogP contribution in [0, 0.1) is 0 Å². The van der Waals surface area contributed by atoms with E-state index in [0.717, 1.165) is 11.1 Å². The fourth-order valence-corrected chi connectivity index (χ4v) is 2.49. The maximum Gasteiger partial charge on any atom is 0.124 e. The molecule has 3 nitrogen and oxygen atoms in total. The van der Waals surface area contributed by atoms with Gasteiger partial charge < -0.3 is 10.2 Å². The number of phenolic OH excluding ortho intramolecular Hbond substituents is 1. The van der Waals surface area contributed by atoms with Crippen molar-refractivity contribution in [3.63, 3.8) is 0 Å². The first-order valence-electron chi connectivity index (χ1n) is 6.33. The smallest absolute Gasteiger partial charge is 0.124 e. The number of nitrogens with zero attached hydrogens (tertiary/aromatic N) is 1. The zero-order valence-electron chi connectivity index (χ0n) is 10.4. The highest BCUT2D eigenvalue weighted by molar-refractivity contribution is 5.83. The van der Waals surface area contributed by atoms with Crippen molar-refractivity contribution in [1.82, 2.24) is 0 Å². The highest BCUT2D eigenvalue weighted by Crippen LogP contribution is 2.34. The van der Waals surface area contributed by atoms with Crippen LogP contribution in [0.25, 0.3) is 0 Å². The summed E-state index contributed by atoms with van der Waals surface area (Å²) in [4.78, 5) is 4.44. The van der Waals surface area contributed by atoms with Crippen LogP contribution < -0.4 is 0 Å². The monoisotopic (exact) mass is 253 g/mol. The van der Waals surface area contributed by atoms with Crippen molar-refractivity contribution in [1.29, 1.82) is 0 Å². The first-order chi connectivity index (χ1) is 9.25. The van der Waals surface area contributed by atoms with E-state index in [9.17, 15) is 10.2 Å². The molecule has 0 unspecified atom stereocenters. The molecule has 0 bridgehead atoms. The molecule has 0 aromatic heterocycles. The Morgan fingerprint density at radius 3 is 2.63 bits per heavy atom. The summed E-state index contributed by atoms with van der Waals surface area (Å²) in [6.07, 6.45) is 1.78. The van der Waals surface area contributed by atoms with E-state index >= 15 is 0 Å². The minimum absolute atomic E-state index is 0.201. The predicted molar refractivity (Wildman–Crippen MR) is 74.6 cm³/mol. The number of aliphatic imine (C=N–C) groups is 1. The van der Waals surface area contributed by atoms with E-state index in [1.807, 2.05) is 30.3 Å². The van der Waals surface area contributed by atoms with Gasteiger partial charge in [-0.05, 0) is 23.3 Å². The van der Waals surface area contributed by atoms with Gasteiger partial charge in [-0.3, -0.25) is 4.99 Å². The molecule has 1 aliphatic rings. The van der Waals surface area contributed by atoms with E-state index in [1.54, 1.807) is 24.4 Å². The van der Waals surface area contributed by atoms with Crippen molar-refractivity contribution >= 4 is 6.21 Å². The molecule has 0 radical (unpaired) electrons. The van der Waals surface area contributed by atoms with Crippen molar-refractivity contribution in [2.24, 2.45) is 4.99 Å². The summed E-state index contributed by atoms with van der Waals surface area (Å²) < 4.78 is 0. The van der Waals surface area contributed by atoms with Gasteiger partial charge in [0.05, 0.1) is 6.10 Å². The van der Waals surface area contributed by atoms with Crippen molar-refractivity contribution < 1.29 is 10.2 Å². The fourth-order valence-electron chi connectivity index (χ4n) is 2.49. The van der Waals surface area contributed by atoms with E-state index in [-0.39, 0.29) is 11.8 Å². The van der Waals surface area contributed by atoms with Gasteiger partial charge in [0.25, 0.3) is 0 Å². The van der Waals surface area contributed by atoms with Gasteiger partial charge in [0, 0.05) is 18.2 Å². The lowest BCUT2D eigenvalue weighted by molar-refractivity contribution is 0.159. The second-order valence-corrected chi connectivity index (χ2v) is 4.75. The predicted octanol–water partition coefficient (Wildman–Crippen LogP) is 2.47. The molecule has 0 saturated carbocycles. The Balaban J connectivity index is 1.90. The lowest BCUT2D eigenvalue weighted by Crippen LogP contribution is -2.11. The Labute approximate surface area is 111 Å². The average Bonchev–Trinajstić information content (AvgIpc) is 2.74. The molecule has 0 fully saturated rings. The van der Waals surface area contributed by atoms with Crippen molar-refractivity contribution in [3.8, 4) is 5.75 Å². The Morgan fingerprint density at radius 2 is 1.79 bits per heavy atom. The zero-order chi connectivity index (χ0) is 13.2. The number of hydrogen-bond acceptors (Lipinski definition) is 3. The van der Waals surface area contributed by atoms with Gasteiger partial charge in [-0.15, -0.1) is 0 Å². The molecule has 3 heteroatoms. The quantitative estimate of drug-likeness (QED) is 0.808. The molecule has 1 aliphatic carbocycles. The van der Waals surface area contributed by atoms with Gasteiger partial charge in [-0.1, -0.05) is 36.4 Å². The highest BCUT2D eigenvalue weighted by Gasteiger charge is 2.29. The van der Waals surface area contributed by atoms with Crippen LogP contribution >= 0.6 is 0 Å². The molecule has 3 rings (SSSR count). The van der Waals surface area contributed by atoms with E-state index < -0.39 is 6.10 Å². The summed E-state index contributed by atoms with van der Waals surface area (Å²) in [5.41, 5.74) is 2.88. The van der Waals surface area contributed by atoms with E-state index in [2.05, 4.69) is 4.99 Å². The summed E-state index contributed by atoms with van der Waals surface area (Å²) in [6, 6.07) is 14.8. The topological polar surface area (TPSA) is 52.8 Å². The molecule has 0 spiro atoms. The van der Waals surface area contributed by atoms with Crippen LogP contribution in [-0.4, -0.2) is 22.5 Å². The third kappa shape index (κ3) is 2.25. The van der Waals surface area contributed by atoms with Gasteiger partial charge in [0.15, 0.2) is 0 Å². The lowest BCUT2D eigenvalue weighted by atomic mass is 10.1. The van der Waals surface area contributed by atoms with Crippen LogP contribution in [0.2, 0.25) is 0 Å². The summed E-state index contributed by atoms with van der Waals surface area (Å²) >= 11 is 0. The number of benzene rings is 2. The van der Waals surface area contributed by atoms with E-state index in [0.29, 0.717) is 12.0 Å². The number of hydrogen-bond donors (Lipinski definition) is 2. The minimum Gasteiger partial charge on any atom is -0.507 e. The Morgan fingerprint density at radius 1 is 1.05 bits per heavy atom. The lowest BCUT2D eigenvalue weighted by Gasteiger charge is -2.10. The Kier molecular flexibility index (Phi) is 3.05. The maximum atomic E-state index is 10.1. The maximum absolute atomic E-state index is 10.1. The number of phenols is 1. The number of fused-ring (bicyclic) bond motifs is 1. The fraction of sp³-hybridized carbons (Fsp3) is 0.188. The number of aliphatic hydroxyl groups is 1. The Hall–Kier alpha value is -2.13. The SMILES string of the molecule is Oc1ccccc1/C=N/[C@H]1c2ccccc2C[C@H]1O. The molecular formula is C16H15NO2. The number of para-hydroxylation sites is 1.